The molecule has 5 nitrogen and oxygen atoms in total. The number of urea groups is 1. The van der Waals surface area contributed by atoms with Crippen LogP contribution in [0.25, 0.3) is 0 Å². The zero-order valence-electron chi connectivity index (χ0n) is 14.8. The van der Waals surface area contributed by atoms with Crippen LogP contribution in [0.3, 0.4) is 0 Å². The summed E-state index contributed by atoms with van der Waals surface area (Å²) in [6, 6.07) is 8.81. The Labute approximate surface area is 145 Å². The highest BCUT2D eigenvalue weighted by Crippen LogP contribution is 2.23. The first kappa shape index (κ1) is 17.1. The molecule has 1 atom stereocenters. The number of rotatable bonds is 6. The van der Waals surface area contributed by atoms with Crippen molar-refractivity contribution in [1.82, 2.24) is 15.1 Å². The lowest BCUT2D eigenvalue weighted by molar-refractivity contribution is 0.0438. The van der Waals surface area contributed by atoms with Gasteiger partial charge in [0.2, 0.25) is 0 Å². The number of likely N-dealkylation sites (tertiary alicyclic amines) is 2. The molecule has 2 fully saturated rings. The van der Waals surface area contributed by atoms with Crippen LogP contribution in [0.15, 0.2) is 24.3 Å². The number of ether oxygens (including phenoxy) is 1. The Morgan fingerprint density at radius 2 is 2.12 bits per heavy atom. The van der Waals surface area contributed by atoms with Gasteiger partial charge >= 0.3 is 6.03 Å². The Balaban J connectivity index is 1.36. The minimum Gasteiger partial charge on any atom is -0.486 e. The van der Waals surface area contributed by atoms with Gasteiger partial charge in [-0.1, -0.05) is 25.1 Å². The minimum absolute atomic E-state index is 0.0410. The second kappa shape index (κ2) is 7.88. The molecule has 1 aromatic carbocycles. The number of hydrogen-bond acceptors (Lipinski definition) is 3. The molecule has 0 unspecified atom stereocenters. The molecule has 1 aromatic rings. The van der Waals surface area contributed by atoms with E-state index in [1.165, 1.54) is 24.9 Å². The molecule has 132 valence electrons. The topological polar surface area (TPSA) is 44.8 Å². The number of benzene rings is 1. The molecule has 1 N–H and O–H groups in total. The third-order valence-corrected chi connectivity index (χ3v) is 5.21. The molecule has 2 aliphatic rings. The minimum atomic E-state index is 0.0410. The lowest BCUT2D eigenvalue weighted by Gasteiger charge is -2.39. The summed E-state index contributed by atoms with van der Waals surface area (Å²) in [6.07, 6.45) is 4.65. The molecule has 3 rings (SSSR count). The summed E-state index contributed by atoms with van der Waals surface area (Å²) in [6.45, 7) is 5.42. The summed E-state index contributed by atoms with van der Waals surface area (Å²) in [7, 11) is 2.17. The van der Waals surface area contributed by atoms with Crippen LogP contribution < -0.4 is 10.1 Å². The van der Waals surface area contributed by atoms with Crippen LogP contribution in [0.1, 0.15) is 31.7 Å². The lowest BCUT2D eigenvalue weighted by Crippen LogP contribution is -2.59. The first-order valence-electron chi connectivity index (χ1n) is 9.15. The second-order valence-electron chi connectivity index (χ2n) is 6.90. The average molecular weight is 331 g/mol. The smallest absolute Gasteiger partial charge is 0.317 e. The van der Waals surface area contributed by atoms with Gasteiger partial charge in [0.05, 0.1) is 13.1 Å². The Hall–Kier alpha value is -1.75. The van der Waals surface area contributed by atoms with Crippen molar-refractivity contribution < 1.29 is 9.53 Å². The van der Waals surface area contributed by atoms with Crippen molar-refractivity contribution in [2.24, 2.45) is 0 Å². The molecular weight excluding hydrogens is 302 g/mol. The SMILES string of the molecule is CCc1ccccc1OC1CN(C(=O)NCC[C@@H]2CCCN2C)C1. The number of nitrogens with one attached hydrogen (secondary N) is 1. The summed E-state index contributed by atoms with van der Waals surface area (Å²) in [5, 5.41) is 3.04. The van der Waals surface area contributed by atoms with E-state index in [1.807, 2.05) is 23.1 Å². The molecule has 2 saturated heterocycles. The quantitative estimate of drug-likeness (QED) is 0.871. The number of aryl methyl sites for hydroxylation is 1. The van der Waals surface area contributed by atoms with Gasteiger partial charge in [-0.3, -0.25) is 0 Å². The molecule has 0 saturated carbocycles. The molecule has 0 aliphatic carbocycles. The van der Waals surface area contributed by atoms with Gasteiger partial charge in [-0.2, -0.15) is 0 Å². The zero-order valence-corrected chi connectivity index (χ0v) is 14.8. The number of nitrogens with zero attached hydrogens (tertiary/aromatic N) is 2. The maximum Gasteiger partial charge on any atom is 0.317 e. The molecule has 24 heavy (non-hydrogen) atoms. The fourth-order valence-electron chi connectivity index (χ4n) is 3.57. The fraction of sp³-hybridized carbons (Fsp3) is 0.632. The maximum atomic E-state index is 12.1. The lowest BCUT2D eigenvalue weighted by atomic mass is 10.1. The normalized spacial score (nSPS) is 21.6. The van der Waals surface area contributed by atoms with Crippen LogP contribution in [-0.4, -0.2) is 61.2 Å². The number of para-hydroxylation sites is 1. The molecular formula is C19H29N3O2. The van der Waals surface area contributed by atoms with Gasteiger partial charge in [0.1, 0.15) is 11.9 Å². The number of amides is 2. The van der Waals surface area contributed by atoms with E-state index in [-0.39, 0.29) is 12.1 Å². The summed E-state index contributed by atoms with van der Waals surface area (Å²) >= 11 is 0. The largest absolute Gasteiger partial charge is 0.486 e. The molecule has 0 radical (unpaired) electrons. The van der Waals surface area contributed by atoms with Crippen LogP contribution in [0.4, 0.5) is 4.79 Å². The molecule has 0 bridgehead atoms. The maximum absolute atomic E-state index is 12.1. The monoisotopic (exact) mass is 331 g/mol. The van der Waals surface area contributed by atoms with Crippen molar-refractivity contribution in [2.45, 2.75) is 44.8 Å². The van der Waals surface area contributed by atoms with Gasteiger partial charge in [-0.25, -0.2) is 4.79 Å². The molecule has 0 aromatic heterocycles. The second-order valence-corrected chi connectivity index (χ2v) is 6.90. The van der Waals surface area contributed by atoms with Crippen molar-refractivity contribution in [2.75, 3.05) is 33.2 Å². The third-order valence-electron chi connectivity index (χ3n) is 5.21. The summed E-state index contributed by atoms with van der Waals surface area (Å²) in [5.41, 5.74) is 1.22. The number of hydrogen-bond donors (Lipinski definition) is 1. The van der Waals surface area contributed by atoms with E-state index in [9.17, 15) is 4.79 Å². The van der Waals surface area contributed by atoms with Crippen molar-refractivity contribution in [3.63, 3.8) is 0 Å². The predicted octanol–water partition coefficient (Wildman–Crippen LogP) is 2.51. The summed E-state index contributed by atoms with van der Waals surface area (Å²) in [4.78, 5) is 16.4. The van der Waals surface area contributed by atoms with Gasteiger partial charge in [0.15, 0.2) is 0 Å². The van der Waals surface area contributed by atoms with Crippen LogP contribution in [0.2, 0.25) is 0 Å². The molecule has 2 aliphatic heterocycles. The van der Waals surface area contributed by atoms with E-state index in [0.717, 1.165) is 25.1 Å². The van der Waals surface area contributed by atoms with Gasteiger partial charge in [-0.05, 0) is 50.9 Å². The Bertz CT molecular complexity index is 557. The zero-order chi connectivity index (χ0) is 16.9. The third kappa shape index (κ3) is 4.01. The van der Waals surface area contributed by atoms with Gasteiger partial charge in [-0.15, -0.1) is 0 Å². The van der Waals surface area contributed by atoms with E-state index in [2.05, 4.69) is 30.3 Å². The van der Waals surface area contributed by atoms with Crippen molar-refractivity contribution in [3.8, 4) is 5.75 Å². The van der Waals surface area contributed by atoms with Crippen LogP contribution >= 0.6 is 0 Å². The van der Waals surface area contributed by atoms with E-state index >= 15 is 0 Å². The van der Waals surface area contributed by atoms with Crippen molar-refractivity contribution in [1.29, 1.82) is 0 Å². The van der Waals surface area contributed by atoms with E-state index in [1.54, 1.807) is 0 Å². The van der Waals surface area contributed by atoms with Crippen molar-refractivity contribution >= 4 is 6.03 Å². The Kier molecular flexibility index (Phi) is 5.61. The van der Waals surface area contributed by atoms with Crippen LogP contribution in [0, 0.1) is 0 Å². The van der Waals surface area contributed by atoms with E-state index in [0.29, 0.717) is 19.1 Å². The van der Waals surface area contributed by atoms with Gasteiger partial charge in [0, 0.05) is 12.6 Å². The van der Waals surface area contributed by atoms with E-state index in [4.69, 9.17) is 4.74 Å². The number of carbonyl (C=O) groups excluding carboxylic acids is 1. The van der Waals surface area contributed by atoms with Crippen LogP contribution in [0.5, 0.6) is 5.75 Å². The first-order chi connectivity index (χ1) is 11.7. The summed E-state index contributed by atoms with van der Waals surface area (Å²) < 4.78 is 6.02. The highest BCUT2D eigenvalue weighted by atomic mass is 16.5. The fourth-order valence-corrected chi connectivity index (χ4v) is 3.57. The number of carbonyl (C=O) groups is 1. The average Bonchev–Trinajstić information content (AvgIpc) is 2.96. The Morgan fingerprint density at radius 3 is 2.83 bits per heavy atom. The summed E-state index contributed by atoms with van der Waals surface area (Å²) in [5.74, 6) is 0.953. The van der Waals surface area contributed by atoms with Crippen molar-refractivity contribution in [3.05, 3.63) is 29.8 Å². The van der Waals surface area contributed by atoms with Gasteiger partial charge < -0.3 is 19.9 Å². The van der Waals surface area contributed by atoms with Crippen LogP contribution in [-0.2, 0) is 6.42 Å². The molecule has 2 heterocycles. The predicted molar refractivity (Wildman–Crippen MR) is 95.5 cm³/mol. The first-order valence-corrected chi connectivity index (χ1v) is 9.15. The molecule has 0 spiro atoms. The molecule has 2 amide bonds. The Morgan fingerprint density at radius 1 is 1.33 bits per heavy atom. The molecule has 5 heteroatoms. The van der Waals surface area contributed by atoms with E-state index < -0.39 is 0 Å². The van der Waals surface area contributed by atoms with Gasteiger partial charge in [0.25, 0.3) is 0 Å². The standard InChI is InChI=1S/C19H29N3O2/c1-3-15-7-4-5-9-18(15)24-17-13-22(14-17)19(23)20-11-10-16-8-6-12-21(16)2/h4-5,7,9,16-17H,3,6,8,10-14H2,1-2H3,(H,20,23)/t16-/m0/s1. The highest BCUT2D eigenvalue weighted by Gasteiger charge is 2.32. The highest BCUT2D eigenvalue weighted by molar-refractivity contribution is 5.75.